The predicted molar refractivity (Wildman–Crippen MR) is 132 cm³/mol. The zero-order chi connectivity index (χ0) is 23.5. The van der Waals surface area contributed by atoms with Crippen molar-refractivity contribution in [2.24, 2.45) is 5.92 Å². The largest absolute Gasteiger partial charge is 0.496 e. The Morgan fingerprint density at radius 2 is 1.82 bits per heavy atom. The van der Waals surface area contributed by atoms with E-state index in [2.05, 4.69) is 10.3 Å². The normalized spacial score (nSPS) is 15.5. The van der Waals surface area contributed by atoms with E-state index in [0.29, 0.717) is 13.1 Å². The molecule has 0 spiro atoms. The molecule has 1 fully saturated rings. The van der Waals surface area contributed by atoms with Crippen LogP contribution in [0.3, 0.4) is 0 Å². The van der Waals surface area contributed by atoms with Gasteiger partial charge in [-0.2, -0.15) is 0 Å². The van der Waals surface area contributed by atoms with Crippen molar-refractivity contribution in [1.29, 1.82) is 0 Å². The Labute approximate surface area is 198 Å². The summed E-state index contributed by atoms with van der Waals surface area (Å²) < 4.78 is 5.47. The summed E-state index contributed by atoms with van der Waals surface area (Å²) in [4.78, 5) is 31.3. The fraction of sp³-hybridized carbons (Fsp3) is 0.179. The summed E-state index contributed by atoms with van der Waals surface area (Å²) in [6.45, 7) is 0.848. The molecule has 0 bridgehead atoms. The number of nitrogens with one attached hydrogen (secondary N) is 1. The SMILES string of the molecule is COc1ccc(-c2ccc(N3CC(C(=O)NCc4ccccc4)CC3=O)cc2)c2ccncc12. The Morgan fingerprint density at radius 3 is 2.59 bits per heavy atom. The second-order valence-corrected chi connectivity index (χ2v) is 8.39. The van der Waals surface area contributed by atoms with Crippen LogP contribution in [-0.2, 0) is 16.1 Å². The van der Waals surface area contributed by atoms with Gasteiger partial charge in [-0.15, -0.1) is 0 Å². The summed E-state index contributed by atoms with van der Waals surface area (Å²) in [7, 11) is 1.65. The molecule has 0 aliphatic carbocycles. The van der Waals surface area contributed by atoms with Crippen LogP contribution in [0.2, 0.25) is 0 Å². The second kappa shape index (κ2) is 9.35. The number of hydrogen-bond acceptors (Lipinski definition) is 4. The molecule has 2 amide bonds. The summed E-state index contributed by atoms with van der Waals surface area (Å²) in [5.74, 6) is 0.305. The van der Waals surface area contributed by atoms with Gasteiger partial charge in [-0.1, -0.05) is 48.5 Å². The van der Waals surface area contributed by atoms with E-state index in [1.807, 2.05) is 72.8 Å². The first-order valence-corrected chi connectivity index (χ1v) is 11.3. The van der Waals surface area contributed by atoms with Gasteiger partial charge < -0.3 is 15.0 Å². The lowest BCUT2D eigenvalue weighted by Gasteiger charge is -2.18. The van der Waals surface area contributed by atoms with E-state index in [4.69, 9.17) is 4.74 Å². The molecule has 1 N–H and O–H groups in total. The van der Waals surface area contributed by atoms with Gasteiger partial charge in [0.05, 0.1) is 13.0 Å². The molecule has 0 radical (unpaired) electrons. The van der Waals surface area contributed by atoms with Crippen molar-refractivity contribution in [2.75, 3.05) is 18.6 Å². The molecular weight excluding hydrogens is 426 g/mol. The zero-order valence-electron chi connectivity index (χ0n) is 18.9. The quantitative estimate of drug-likeness (QED) is 0.466. The fourth-order valence-electron chi connectivity index (χ4n) is 4.48. The smallest absolute Gasteiger partial charge is 0.227 e. The first kappa shape index (κ1) is 21.6. The molecule has 6 nitrogen and oxygen atoms in total. The van der Waals surface area contributed by atoms with Crippen LogP contribution in [0.4, 0.5) is 5.69 Å². The summed E-state index contributed by atoms with van der Waals surface area (Å²) >= 11 is 0. The van der Waals surface area contributed by atoms with Crippen molar-refractivity contribution in [1.82, 2.24) is 10.3 Å². The second-order valence-electron chi connectivity index (χ2n) is 8.39. The average Bonchev–Trinajstić information content (AvgIpc) is 3.29. The Bertz CT molecular complexity index is 1340. The van der Waals surface area contributed by atoms with Crippen molar-refractivity contribution in [3.8, 4) is 16.9 Å². The molecule has 1 aliphatic heterocycles. The predicted octanol–water partition coefficient (Wildman–Crippen LogP) is 4.58. The number of fused-ring (bicyclic) bond motifs is 1. The highest BCUT2D eigenvalue weighted by atomic mass is 16.5. The summed E-state index contributed by atoms with van der Waals surface area (Å²) in [6, 6.07) is 23.6. The van der Waals surface area contributed by atoms with Gasteiger partial charge in [0.15, 0.2) is 0 Å². The lowest BCUT2D eigenvalue weighted by atomic mass is 9.98. The number of carbonyl (C=O) groups excluding carboxylic acids is 2. The Kier molecular flexibility index (Phi) is 5.95. The molecule has 34 heavy (non-hydrogen) atoms. The van der Waals surface area contributed by atoms with Gasteiger partial charge in [0, 0.05) is 43.0 Å². The maximum atomic E-state index is 12.7. The van der Waals surface area contributed by atoms with Gasteiger partial charge in [-0.05, 0) is 46.3 Å². The number of aromatic nitrogens is 1. The van der Waals surface area contributed by atoms with Crippen LogP contribution in [0, 0.1) is 5.92 Å². The van der Waals surface area contributed by atoms with Crippen LogP contribution in [-0.4, -0.2) is 30.5 Å². The molecule has 4 aromatic rings. The van der Waals surface area contributed by atoms with E-state index in [1.165, 1.54) is 0 Å². The standard InChI is InChI=1S/C28H25N3O3/c1-34-26-12-11-23(24-13-14-29-17-25(24)26)20-7-9-22(10-8-20)31-18-21(15-27(31)32)28(33)30-16-19-5-3-2-4-6-19/h2-14,17,21H,15-16,18H2,1H3,(H,30,33). The maximum absolute atomic E-state index is 12.7. The number of amides is 2. The lowest BCUT2D eigenvalue weighted by Crippen LogP contribution is -2.32. The van der Waals surface area contributed by atoms with Crippen LogP contribution in [0.5, 0.6) is 5.75 Å². The topological polar surface area (TPSA) is 71.5 Å². The number of nitrogens with zero attached hydrogens (tertiary/aromatic N) is 2. The highest BCUT2D eigenvalue weighted by molar-refractivity contribution is 6.02. The lowest BCUT2D eigenvalue weighted by molar-refractivity contribution is -0.126. The molecule has 1 aromatic heterocycles. The number of benzene rings is 3. The number of pyridine rings is 1. The molecule has 0 saturated carbocycles. The molecule has 1 atom stereocenters. The average molecular weight is 452 g/mol. The van der Waals surface area contributed by atoms with E-state index < -0.39 is 0 Å². The minimum atomic E-state index is -0.353. The Morgan fingerprint density at radius 1 is 1.03 bits per heavy atom. The number of ether oxygens (including phenoxy) is 1. The fourth-order valence-corrected chi connectivity index (χ4v) is 4.48. The van der Waals surface area contributed by atoms with E-state index in [9.17, 15) is 9.59 Å². The molecule has 6 heteroatoms. The monoisotopic (exact) mass is 451 g/mol. The summed E-state index contributed by atoms with van der Waals surface area (Å²) in [6.07, 6.45) is 3.79. The van der Waals surface area contributed by atoms with Crippen LogP contribution < -0.4 is 15.0 Å². The van der Waals surface area contributed by atoms with E-state index in [0.717, 1.165) is 38.9 Å². The minimum Gasteiger partial charge on any atom is -0.496 e. The zero-order valence-corrected chi connectivity index (χ0v) is 18.9. The van der Waals surface area contributed by atoms with Gasteiger partial charge in [0.1, 0.15) is 5.75 Å². The van der Waals surface area contributed by atoms with Gasteiger partial charge >= 0.3 is 0 Å². The van der Waals surface area contributed by atoms with Crippen LogP contribution >= 0.6 is 0 Å². The molecule has 1 unspecified atom stereocenters. The Hall–Kier alpha value is -4.19. The number of rotatable bonds is 6. The van der Waals surface area contributed by atoms with Crippen molar-refractivity contribution < 1.29 is 14.3 Å². The van der Waals surface area contributed by atoms with Crippen molar-refractivity contribution in [3.63, 3.8) is 0 Å². The third kappa shape index (κ3) is 4.22. The summed E-state index contributed by atoms with van der Waals surface area (Å²) in [5.41, 5.74) is 3.93. The number of anilines is 1. The number of hydrogen-bond donors (Lipinski definition) is 1. The van der Waals surface area contributed by atoms with E-state index >= 15 is 0 Å². The van der Waals surface area contributed by atoms with Gasteiger partial charge in [0.25, 0.3) is 0 Å². The first-order chi connectivity index (χ1) is 16.6. The van der Waals surface area contributed by atoms with Crippen LogP contribution in [0.25, 0.3) is 21.9 Å². The van der Waals surface area contributed by atoms with Crippen molar-refractivity contribution in [2.45, 2.75) is 13.0 Å². The minimum absolute atomic E-state index is 0.0337. The van der Waals surface area contributed by atoms with Gasteiger partial charge in [0.2, 0.25) is 11.8 Å². The molecular formula is C28H25N3O3. The number of carbonyl (C=O) groups is 2. The summed E-state index contributed by atoms with van der Waals surface area (Å²) in [5, 5.41) is 4.96. The molecule has 1 aliphatic rings. The van der Waals surface area contributed by atoms with Crippen LogP contribution in [0.15, 0.2) is 85.2 Å². The molecule has 5 rings (SSSR count). The molecule has 3 aromatic carbocycles. The third-order valence-corrected chi connectivity index (χ3v) is 6.29. The highest BCUT2D eigenvalue weighted by Crippen LogP contribution is 2.35. The van der Waals surface area contributed by atoms with Crippen LogP contribution in [0.1, 0.15) is 12.0 Å². The molecule has 170 valence electrons. The van der Waals surface area contributed by atoms with E-state index in [-0.39, 0.29) is 24.2 Å². The van der Waals surface area contributed by atoms with Crippen molar-refractivity contribution in [3.05, 3.63) is 90.8 Å². The Balaban J connectivity index is 1.31. The molecule has 1 saturated heterocycles. The number of methoxy groups -OCH3 is 1. The molecule has 2 heterocycles. The van der Waals surface area contributed by atoms with Gasteiger partial charge in [-0.25, -0.2) is 0 Å². The first-order valence-electron chi connectivity index (χ1n) is 11.3. The maximum Gasteiger partial charge on any atom is 0.227 e. The third-order valence-electron chi connectivity index (χ3n) is 6.29. The van der Waals surface area contributed by atoms with Gasteiger partial charge in [-0.3, -0.25) is 14.6 Å². The van der Waals surface area contributed by atoms with Crippen molar-refractivity contribution >= 4 is 28.3 Å². The highest BCUT2D eigenvalue weighted by Gasteiger charge is 2.35. The van der Waals surface area contributed by atoms with E-state index in [1.54, 1.807) is 24.4 Å².